The van der Waals surface area contributed by atoms with Crippen LogP contribution in [0.25, 0.3) is 0 Å². The Labute approximate surface area is 113 Å². The van der Waals surface area contributed by atoms with Gasteiger partial charge in [0.1, 0.15) is 6.04 Å². The Balaban J connectivity index is 2.01. The quantitative estimate of drug-likeness (QED) is 0.699. The van der Waals surface area contributed by atoms with E-state index < -0.39 is 0 Å². The van der Waals surface area contributed by atoms with E-state index in [9.17, 15) is 9.59 Å². The van der Waals surface area contributed by atoms with Gasteiger partial charge in [-0.25, -0.2) is 5.43 Å². The molecule has 1 aliphatic heterocycles. The second-order valence-electron chi connectivity index (χ2n) is 5.34. The van der Waals surface area contributed by atoms with Gasteiger partial charge in [0.05, 0.1) is 6.61 Å². The Morgan fingerprint density at radius 3 is 2.95 bits per heavy atom. The molecule has 2 aliphatic rings. The Morgan fingerprint density at radius 2 is 2.21 bits per heavy atom. The van der Waals surface area contributed by atoms with E-state index in [-0.39, 0.29) is 29.7 Å². The number of amides is 2. The summed E-state index contributed by atoms with van der Waals surface area (Å²) in [4.78, 5) is 24.3. The molecule has 3 atom stereocenters. The molecular weight excluding hydrogens is 246 g/mol. The topological polar surface area (TPSA) is 70.7 Å². The van der Waals surface area contributed by atoms with Crippen LogP contribution >= 0.6 is 0 Å². The maximum Gasteiger partial charge on any atom is 0.239 e. The molecule has 6 nitrogen and oxygen atoms in total. The second-order valence-corrected chi connectivity index (χ2v) is 5.34. The number of hydrogen-bond donors (Lipinski definition) is 2. The fraction of sp³-hybridized carbons (Fsp3) is 0.846. The normalized spacial score (nSPS) is 30.9. The highest BCUT2D eigenvalue weighted by atomic mass is 16.5. The van der Waals surface area contributed by atoms with Crippen LogP contribution in [0.2, 0.25) is 0 Å². The van der Waals surface area contributed by atoms with Gasteiger partial charge in [-0.15, -0.1) is 0 Å². The van der Waals surface area contributed by atoms with Gasteiger partial charge < -0.3 is 10.1 Å². The molecule has 2 amide bonds. The Kier molecular flexibility index (Phi) is 4.76. The van der Waals surface area contributed by atoms with Gasteiger partial charge in [-0.3, -0.25) is 14.6 Å². The monoisotopic (exact) mass is 269 g/mol. The molecule has 0 aromatic heterocycles. The molecule has 1 aliphatic carbocycles. The predicted molar refractivity (Wildman–Crippen MR) is 70.0 cm³/mol. The average molecular weight is 269 g/mol. The van der Waals surface area contributed by atoms with Gasteiger partial charge in [0, 0.05) is 26.6 Å². The van der Waals surface area contributed by atoms with Crippen molar-refractivity contribution in [1.29, 1.82) is 0 Å². The largest absolute Gasteiger partial charge is 0.383 e. The minimum Gasteiger partial charge on any atom is -0.383 e. The van der Waals surface area contributed by atoms with E-state index in [0.29, 0.717) is 13.2 Å². The first-order chi connectivity index (χ1) is 9.15. The van der Waals surface area contributed by atoms with Crippen molar-refractivity contribution >= 4 is 11.8 Å². The lowest BCUT2D eigenvalue weighted by molar-refractivity contribution is -0.152. The SMILES string of the molecule is COCCNC(=O)C1NN(C)C(=O)C2CCCCC21. The molecule has 6 heteroatoms. The van der Waals surface area contributed by atoms with Gasteiger partial charge in [-0.1, -0.05) is 12.8 Å². The molecule has 2 N–H and O–H groups in total. The molecule has 0 aromatic rings. The van der Waals surface area contributed by atoms with Crippen molar-refractivity contribution in [1.82, 2.24) is 15.8 Å². The molecule has 108 valence electrons. The zero-order valence-electron chi connectivity index (χ0n) is 11.6. The number of carbonyl (C=O) groups excluding carboxylic acids is 2. The molecule has 1 saturated heterocycles. The molecule has 0 bridgehead atoms. The van der Waals surface area contributed by atoms with Crippen LogP contribution in [0.15, 0.2) is 0 Å². The molecule has 1 saturated carbocycles. The van der Waals surface area contributed by atoms with E-state index in [2.05, 4.69) is 10.7 Å². The van der Waals surface area contributed by atoms with Crippen LogP contribution < -0.4 is 10.7 Å². The van der Waals surface area contributed by atoms with Gasteiger partial charge in [0.2, 0.25) is 11.8 Å². The fourth-order valence-electron chi connectivity index (χ4n) is 3.12. The van der Waals surface area contributed by atoms with Gasteiger partial charge in [0.15, 0.2) is 0 Å². The molecule has 0 spiro atoms. The Morgan fingerprint density at radius 1 is 1.47 bits per heavy atom. The summed E-state index contributed by atoms with van der Waals surface area (Å²) in [6, 6.07) is -0.301. The number of hydrazine groups is 1. The van der Waals surface area contributed by atoms with Crippen molar-refractivity contribution in [3.63, 3.8) is 0 Å². The average Bonchev–Trinajstić information content (AvgIpc) is 2.43. The van der Waals surface area contributed by atoms with Crippen molar-refractivity contribution in [2.24, 2.45) is 11.8 Å². The van der Waals surface area contributed by atoms with Crippen molar-refractivity contribution in [2.45, 2.75) is 31.7 Å². The number of ether oxygens (including phenoxy) is 1. The number of nitrogens with one attached hydrogen (secondary N) is 2. The first kappa shape index (κ1) is 14.3. The third-order valence-electron chi connectivity index (χ3n) is 4.12. The highest BCUT2D eigenvalue weighted by Crippen LogP contribution is 2.36. The third-order valence-corrected chi connectivity index (χ3v) is 4.12. The van der Waals surface area contributed by atoms with Crippen LogP contribution in [-0.4, -0.2) is 50.2 Å². The maximum atomic E-state index is 12.2. The van der Waals surface area contributed by atoms with Gasteiger partial charge in [-0.2, -0.15) is 0 Å². The van der Waals surface area contributed by atoms with Crippen LogP contribution in [-0.2, 0) is 14.3 Å². The van der Waals surface area contributed by atoms with Crippen molar-refractivity contribution in [3.8, 4) is 0 Å². The van der Waals surface area contributed by atoms with Crippen molar-refractivity contribution in [3.05, 3.63) is 0 Å². The lowest BCUT2D eigenvalue weighted by Crippen LogP contribution is -2.64. The number of hydrogen-bond acceptors (Lipinski definition) is 4. The van der Waals surface area contributed by atoms with E-state index in [0.717, 1.165) is 25.7 Å². The molecular formula is C13H23N3O3. The zero-order valence-corrected chi connectivity index (χ0v) is 11.6. The van der Waals surface area contributed by atoms with Gasteiger partial charge >= 0.3 is 0 Å². The van der Waals surface area contributed by atoms with Crippen LogP contribution in [0.4, 0.5) is 0 Å². The molecule has 2 fully saturated rings. The summed E-state index contributed by atoms with van der Waals surface area (Å²) in [5.74, 6) is 0.206. The van der Waals surface area contributed by atoms with Gasteiger partial charge in [0.25, 0.3) is 0 Å². The Hall–Kier alpha value is -1.14. The highest BCUT2D eigenvalue weighted by molar-refractivity contribution is 5.87. The first-order valence-electron chi connectivity index (χ1n) is 6.95. The minimum absolute atomic E-state index is 0.00169. The van der Waals surface area contributed by atoms with Crippen LogP contribution in [0.3, 0.4) is 0 Å². The number of nitrogens with zero attached hydrogens (tertiary/aromatic N) is 1. The number of carbonyl (C=O) groups is 2. The molecule has 3 unspecified atom stereocenters. The van der Waals surface area contributed by atoms with Crippen molar-refractivity contribution in [2.75, 3.05) is 27.3 Å². The van der Waals surface area contributed by atoms with Crippen molar-refractivity contribution < 1.29 is 14.3 Å². The molecule has 19 heavy (non-hydrogen) atoms. The number of fused-ring (bicyclic) bond motifs is 1. The molecule has 1 heterocycles. The van der Waals surface area contributed by atoms with E-state index in [4.69, 9.17) is 4.74 Å². The predicted octanol–water partition coefficient (Wildman–Crippen LogP) is -0.0994. The summed E-state index contributed by atoms with van der Waals surface area (Å²) < 4.78 is 4.92. The van der Waals surface area contributed by atoms with E-state index in [1.165, 1.54) is 5.01 Å². The van der Waals surface area contributed by atoms with Crippen LogP contribution in [0, 0.1) is 11.8 Å². The van der Waals surface area contributed by atoms with E-state index in [1.54, 1.807) is 14.2 Å². The zero-order chi connectivity index (χ0) is 13.8. The molecule has 2 rings (SSSR count). The van der Waals surface area contributed by atoms with Gasteiger partial charge in [-0.05, 0) is 18.8 Å². The number of methoxy groups -OCH3 is 1. The molecule has 0 aromatic carbocycles. The van der Waals surface area contributed by atoms with E-state index >= 15 is 0 Å². The summed E-state index contributed by atoms with van der Waals surface area (Å²) in [5, 5.41) is 4.34. The summed E-state index contributed by atoms with van der Waals surface area (Å²) in [6.45, 7) is 1.00. The van der Waals surface area contributed by atoms with Crippen LogP contribution in [0.1, 0.15) is 25.7 Å². The lowest BCUT2D eigenvalue weighted by atomic mass is 9.73. The molecule has 0 radical (unpaired) electrons. The standard InChI is InChI=1S/C13H23N3O3/c1-16-13(18)10-6-4-3-5-9(10)11(15-16)12(17)14-7-8-19-2/h9-11,15H,3-8H2,1-2H3,(H,14,17). The highest BCUT2D eigenvalue weighted by Gasteiger charge is 2.45. The summed E-state index contributed by atoms with van der Waals surface area (Å²) in [6.07, 6.45) is 4.03. The number of rotatable bonds is 4. The smallest absolute Gasteiger partial charge is 0.239 e. The summed E-state index contributed by atoms with van der Waals surface area (Å²) >= 11 is 0. The Bertz CT molecular complexity index is 348. The first-order valence-corrected chi connectivity index (χ1v) is 6.95. The van der Waals surface area contributed by atoms with E-state index in [1.807, 2.05) is 0 Å². The lowest BCUT2D eigenvalue weighted by Gasteiger charge is -2.43. The third kappa shape index (κ3) is 3.06. The minimum atomic E-state index is -0.301. The fourth-order valence-corrected chi connectivity index (χ4v) is 3.12. The maximum absolute atomic E-state index is 12.2. The van der Waals surface area contributed by atoms with Crippen LogP contribution in [0.5, 0.6) is 0 Å². The second kappa shape index (κ2) is 6.34. The summed E-state index contributed by atoms with van der Waals surface area (Å²) in [5.41, 5.74) is 3.02. The summed E-state index contributed by atoms with van der Waals surface area (Å²) in [7, 11) is 3.30.